The van der Waals surface area contributed by atoms with Crippen LogP contribution in [0.1, 0.15) is 30.9 Å². The lowest BCUT2D eigenvalue weighted by molar-refractivity contribution is -0.128. The Morgan fingerprint density at radius 3 is 2.77 bits per heavy atom. The minimum absolute atomic E-state index is 0.233. The molecule has 166 valence electrons. The average Bonchev–Trinajstić information content (AvgIpc) is 3.17. The zero-order valence-corrected chi connectivity index (χ0v) is 18.3. The third-order valence-electron chi connectivity index (χ3n) is 5.16. The fourth-order valence-corrected chi connectivity index (χ4v) is 3.51. The molecule has 1 aliphatic rings. The van der Waals surface area contributed by atoms with E-state index in [0.717, 1.165) is 36.6 Å². The zero-order chi connectivity index (χ0) is 22.1. The quantitative estimate of drug-likeness (QED) is 0.493. The second-order valence-electron chi connectivity index (χ2n) is 7.61. The van der Waals surface area contributed by atoms with Gasteiger partial charge in [-0.3, -0.25) is 4.79 Å². The number of guanidine groups is 1. The van der Waals surface area contributed by atoms with Crippen LogP contribution >= 0.6 is 0 Å². The van der Waals surface area contributed by atoms with Gasteiger partial charge in [0.2, 0.25) is 5.91 Å². The van der Waals surface area contributed by atoms with Gasteiger partial charge in [-0.15, -0.1) is 0 Å². The maximum absolute atomic E-state index is 13.7. The summed E-state index contributed by atoms with van der Waals surface area (Å²) in [4.78, 5) is 20.5. The highest BCUT2D eigenvalue weighted by Crippen LogP contribution is 2.16. The van der Waals surface area contributed by atoms with Crippen molar-refractivity contribution in [2.24, 2.45) is 4.99 Å². The predicted molar refractivity (Wildman–Crippen MR) is 120 cm³/mol. The minimum atomic E-state index is -0.360. The van der Waals surface area contributed by atoms with Gasteiger partial charge < -0.3 is 19.9 Å². The van der Waals surface area contributed by atoms with Crippen molar-refractivity contribution in [2.75, 3.05) is 33.3 Å². The van der Waals surface area contributed by atoms with Crippen LogP contribution < -0.4 is 10.1 Å². The number of aliphatic imine (C=N–C) groups is 1. The molecule has 7 heteroatoms. The smallest absolute Gasteiger partial charge is 0.222 e. The topological polar surface area (TPSA) is 57.2 Å². The highest BCUT2D eigenvalue weighted by Gasteiger charge is 2.19. The van der Waals surface area contributed by atoms with E-state index in [2.05, 4.69) is 17.4 Å². The van der Waals surface area contributed by atoms with E-state index in [1.54, 1.807) is 18.2 Å². The van der Waals surface area contributed by atoms with Crippen LogP contribution in [0.4, 0.5) is 4.39 Å². The monoisotopic (exact) mass is 426 g/mol. The summed E-state index contributed by atoms with van der Waals surface area (Å²) < 4.78 is 19.2. The Hall–Kier alpha value is -3.09. The van der Waals surface area contributed by atoms with Gasteiger partial charge in [0, 0.05) is 33.1 Å². The van der Waals surface area contributed by atoms with Gasteiger partial charge in [0.25, 0.3) is 0 Å². The number of nitrogens with zero attached hydrogens (tertiary/aromatic N) is 3. The number of carbonyl (C=O) groups is 1. The number of hydrogen-bond acceptors (Lipinski definition) is 3. The van der Waals surface area contributed by atoms with Crippen LogP contribution in [0.3, 0.4) is 0 Å². The van der Waals surface area contributed by atoms with Crippen LogP contribution in [0.5, 0.6) is 5.75 Å². The van der Waals surface area contributed by atoms with Crippen molar-refractivity contribution < 1.29 is 13.9 Å². The first-order chi connectivity index (χ1) is 15.1. The Bertz CT molecular complexity index is 903. The van der Waals surface area contributed by atoms with Crippen LogP contribution in [-0.4, -0.2) is 55.0 Å². The second kappa shape index (κ2) is 11.3. The van der Waals surface area contributed by atoms with Gasteiger partial charge >= 0.3 is 0 Å². The molecule has 1 N–H and O–H groups in total. The predicted octanol–water partition coefficient (Wildman–Crippen LogP) is 3.42. The van der Waals surface area contributed by atoms with Crippen molar-refractivity contribution >= 4 is 11.9 Å². The molecule has 0 unspecified atom stereocenters. The van der Waals surface area contributed by atoms with Gasteiger partial charge in [0.05, 0.1) is 13.1 Å². The number of halogens is 1. The first kappa shape index (κ1) is 22.6. The van der Waals surface area contributed by atoms with E-state index >= 15 is 0 Å². The highest BCUT2D eigenvalue weighted by atomic mass is 19.1. The summed E-state index contributed by atoms with van der Waals surface area (Å²) >= 11 is 0. The molecule has 1 amide bonds. The van der Waals surface area contributed by atoms with E-state index in [9.17, 15) is 9.18 Å². The van der Waals surface area contributed by atoms with E-state index < -0.39 is 0 Å². The maximum atomic E-state index is 13.7. The Balaban J connectivity index is 1.56. The van der Waals surface area contributed by atoms with E-state index in [0.29, 0.717) is 32.7 Å². The van der Waals surface area contributed by atoms with Gasteiger partial charge in [-0.1, -0.05) is 36.4 Å². The summed E-state index contributed by atoms with van der Waals surface area (Å²) in [5.74, 6) is 0.893. The number of para-hydroxylation sites is 1. The van der Waals surface area contributed by atoms with Gasteiger partial charge in [0.1, 0.15) is 6.61 Å². The summed E-state index contributed by atoms with van der Waals surface area (Å²) in [6.45, 7) is 5.71. The number of amides is 1. The molecule has 1 aliphatic heterocycles. The number of benzene rings is 2. The number of carbonyl (C=O) groups excluding carboxylic acids is 1. The van der Waals surface area contributed by atoms with Crippen LogP contribution in [0.25, 0.3) is 0 Å². The zero-order valence-electron chi connectivity index (χ0n) is 18.3. The third-order valence-corrected chi connectivity index (χ3v) is 5.16. The number of likely N-dealkylation sites (tertiary alicyclic amines) is 1. The van der Waals surface area contributed by atoms with Crippen molar-refractivity contribution in [3.8, 4) is 5.75 Å². The number of rotatable bonds is 9. The lowest BCUT2D eigenvalue weighted by Gasteiger charge is -2.22. The van der Waals surface area contributed by atoms with Crippen LogP contribution in [0.2, 0.25) is 0 Å². The molecule has 0 bridgehead atoms. The first-order valence-electron chi connectivity index (χ1n) is 10.8. The molecule has 3 rings (SSSR count). The molecular formula is C24H31FN4O2. The molecule has 2 aromatic rings. The van der Waals surface area contributed by atoms with Crippen LogP contribution in [0.15, 0.2) is 53.5 Å². The minimum Gasteiger partial charge on any atom is -0.489 e. The molecule has 0 radical (unpaired) electrons. The number of likely N-dealkylation sites (N-methyl/N-ethyl adjacent to an activating group) is 1. The van der Waals surface area contributed by atoms with Crippen LogP contribution in [-0.2, 0) is 17.9 Å². The van der Waals surface area contributed by atoms with E-state index in [1.807, 2.05) is 35.9 Å². The maximum Gasteiger partial charge on any atom is 0.222 e. The standard InChI is InChI=1S/C24H31FN4O2/c1-3-26-24(28(2)14-15-31-22-11-5-4-10-21(22)25)27-17-19-8-6-9-20(16-19)18-29-13-7-12-23(29)30/h4-6,8-11,16H,3,7,12-15,17-18H2,1-2H3,(H,26,27). The summed E-state index contributed by atoms with van der Waals surface area (Å²) in [6.07, 6.45) is 1.60. The number of ether oxygens (including phenoxy) is 1. The van der Waals surface area contributed by atoms with Crippen LogP contribution in [0, 0.1) is 5.82 Å². The van der Waals surface area contributed by atoms with Crippen molar-refractivity contribution in [3.05, 3.63) is 65.5 Å². The molecule has 2 aromatic carbocycles. The van der Waals surface area contributed by atoms with Crippen molar-refractivity contribution in [3.63, 3.8) is 0 Å². The van der Waals surface area contributed by atoms with Gasteiger partial charge in [-0.05, 0) is 36.6 Å². The molecule has 31 heavy (non-hydrogen) atoms. The molecule has 6 nitrogen and oxygen atoms in total. The Morgan fingerprint density at radius 2 is 2.03 bits per heavy atom. The molecule has 1 fully saturated rings. The Kier molecular flexibility index (Phi) is 8.27. The normalized spacial score (nSPS) is 14.1. The Labute approximate surface area is 183 Å². The third kappa shape index (κ3) is 6.70. The molecule has 0 saturated carbocycles. The van der Waals surface area contributed by atoms with Crippen molar-refractivity contribution in [2.45, 2.75) is 32.9 Å². The average molecular weight is 427 g/mol. The number of nitrogens with one attached hydrogen (secondary N) is 1. The van der Waals surface area contributed by atoms with Gasteiger partial charge in [-0.2, -0.15) is 0 Å². The number of hydrogen-bond donors (Lipinski definition) is 1. The lowest BCUT2D eigenvalue weighted by atomic mass is 10.1. The molecule has 0 spiro atoms. The summed E-state index contributed by atoms with van der Waals surface area (Å²) in [5.41, 5.74) is 2.22. The van der Waals surface area contributed by atoms with Crippen molar-refractivity contribution in [1.29, 1.82) is 0 Å². The fraction of sp³-hybridized carbons (Fsp3) is 0.417. The van der Waals surface area contributed by atoms with E-state index in [4.69, 9.17) is 9.73 Å². The molecular weight excluding hydrogens is 395 g/mol. The van der Waals surface area contributed by atoms with Gasteiger partial charge in [-0.25, -0.2) is 9.38 Å². The lowest BCUT2D eigenvalue weighted by Crippen LogP contribution is -2.40. The largest absolute Gasteiger partial charge is 0.489 e. The first-order valence-corrected chi connectivity index (χ1v) is 10.8. The molecule has 0 aromatic heterocycles. The Morgan fingerprint density at radius 1 is 1.23 bits per heavy atom. The second-order valence-corrected chi connectivity index (χ2v) is 7.61. The molecule has 1 saturated heterocycles. The molecule has 0 atom stereocenters. The molecule has 1 heterocycles. The van der Waals surface area contributed by atoms with Crippen molar-refractivity contribution in [1.82, 2.24) is 15.1 Å². The fourth-order valence-electron chi connectivity index (χ4n) is 3.51. The summed E-state index contributed by atoms with van der Waals surface area (Å²) in [7, 11) is 1.93. The molecule has 0 aliphatic carbocycles. The SMILES string of the molecule is CCNC(=NCc1cccc(CN2CCCC2=O)c1)N(C)CCOc1ccccc1F. The van der Waals surface area contributed by atoms with E-state index in [1.165, 1.54) is 6.07 Å². The van der Waals surface area contributed by atoms with Gasteiger partial charge in [0.15, 0.2) is 17.5 Å². The van der Waals surface area contributed by atoms with E-state index in [-0.39, 0.29) is 17.5 Å². The summed E-state index contributed by atoms with van der Waals surface area (Å²) in [6, 6.07) is 14.6. The summed E-state index contributed by atoms with van der Waals surface area (Å²) in [5, 5.41) is 3.29. The highest BCUT2D eigenvalue weighted by molar-refractivity contribution is 5.79.